The Morgan fingerprint density at radius 1 is 1.32 bits per heavy atom. The van der Waals surface area contributed by atoms with Gasteiger partial charge in [-0.15, -0.1) is 0 Å². The van der Waals surface area contributed by atoms with Gasteiger partial charge in [0.1, 0.15) is 11.6 Å². The first-order valence-corrected chi connectivity index (χ1v) is 6.81. The average Bonchev–Trinajstić information content (AvgIpc) is 2.72. The largest absolute Gasteiger partial charge is 0.370 e. The minimum atomic E-state index is -0.418. The zero-order valence-electron chi connectivity index (χ0n) is 12.2. The molecular formula is C14H23N3O2. The second kappa shape index (κ2) is 5.84. The highest BCUT2D eigenvalue weighted by molar-refractivity contribution is 5.35. The Bertz CT molecular complexity index is 410. The molecule has 1 aliphatic heterocycles. The lowest BCUT2D eigenvalue weighted by molar-refractivity contribution is -0.153. The molecule has 2 heterocycles. The third kappa shape index (κ3) is 4.14. The van der Waals surface area contributed by atoms with E-state index in [1.807, 2.05) is 26.8 Å². The molecule has 1 aliphatic rings. The maximum Gasteiger partial charge on any atom is 0.166 e. The Balaban J connectivity index is 1.84. The number of aryl methyl sites for hydroxylation is 2. The van der Waals surface area contributed by atoms with Crippen LogP contribution in [0.5, 0.6) is 0 Å². The van der Waals surface area contributed by atoms with Crippen LogP contribution >= 0.6 is 0 Å². The fourth-order valence-corrected chi connectivity index (χ4v) is 2.47. The third-order valence-corrected chi connectivity index (χ3v) is 3.22. The minimum absolute atomic E-state index is 0.418. The highest BCUT2D eigenvalue weighted by Crippen LogP contribution is 2.26. The van der Waals surface area contributed by atoms with Crippen molar-refractivity contribution >= 4 is 5.82 Å². The van der Waals surface area contributed by atoms with Crippen LogP contribution in [0, 0.1) is 19.8 Å². The van der Waals surface area contributed by atoms with Gasteiger partial charge >= 0.3 is 0 Å². The van der Waals surface area contributed by atoms with Crippen molar-refractivity contribution in [3.05, 3.63) is 17.6 Å². The van der Waals surface area contributed by atoms with Gasteiger partial charge in [-0.2, -0.15) is 0 Å². The fourth-order valence-electron chi connectivity index (χ4n) is 2.47. The number of hydrogen-bond donors (Lipinski definition) is 1. The third-order valence-electron chi connectivity index (χ3n) is 3.22. The highest BCUT2D eigenvalue weighted by Gasteiger charge is 2.32. The second-order valence-electron chi connectivity index (χ2n) is 5.46. The number of ether oxygens (including phenoxy) is 2. The quantitative estimate of drug-likeness (QED) is 0.885. The standard InChI is InChI=1S/C14H23N3O2/c1-10(8-14(4)18-5-6-19-14)9-15-13-7-11(2)16-12(3)17-13/h7,10H,5-6,8-9H2,1-4H3,(H,15,16,17)/t10-/m1/s1. The number of aromatic nitrogens is 2. The van der Waals surface area contributed by atoms with Gasteiger partial charge in [-0.3, -0.25) is 0 Å². The molecule has 1 aromatic rings. The van der Waals surface area contributed by atoms with E-state index in [1.54, 1.807) is 0 Å². The van der Waals surface area contributed by atoms with Crippen LogP contribution in [0.4, 0.5) is 5.82 Å². The van der Waals surface area contributed by atoms with Gasteiger partial charge in [0, 0.05) is 24.7 Å². The van der Waals surface area contributed by atoms with Crippen molar-refractivity contribution in [3.8, 4) is 0 Å². The number of rotatable bonds is 5. The Labute approximate surface area is 114 Å². The molecular weight excluding hydrogens is 242 g/mol. The van der Waals surface area contributed by atoms with E-state index < -0.39 is 5.79 Å². The topological polar surface area (TPSA) is 56.3 Å². The molecule has 0 spiro atoms. The van der Waals surface area contributed by atoms with Crippen molar-refractivity contribution in [3.63, 3.8) is 0 Å². The summed E-state index contributed by atoms with van der Waals surface area (Å²) in [5, 5.41) is 3.36. The summed E-state index contributed by atoms with van der Waals surface area (Å²) in [4.78, 5) is 8.63. The normalized spacial score (nSPS) is 19.4. The first-order valence-electron chi connectivity index (χ1n) is 6.81. The Morgan fingerprint density at radius 2 is 2.00 bits per heavy atom. The lowest BCUT2D eigenvalue weighted by Crippen LogP contribution is -2.30. The Kier molecular flexibility index (Phi) is 4.37. The summed E-state index contributed by atoms with van der Waals surface area (Å²) in [5.74, 6) is 1.71. The smallest absolute Gasteiger partial charge is 0.166 e. The Morgan fingerprint density at radius 3 is 2.63 bits per heavy atom. The highest BCUT2D eigenvalue weighted by atomic mass is 16.7. The zero-order valence-corrected chi connectivity index (χ0v) is 12.2. The molecule has 2 rings (SSSR count). The lowest BCUT2D eigenvalue weighted by atomic mass is 10.0. The van der Waals surface area contributed by atoms with E-state index in [4.69, 9.17) is 9.47 Å². The molecule has 0 aliphatic carbocycles. The molecule has 0 saturated carbocycles. The van der Waals surface area contributed by atoms with Crippen LogP contribution in [-0.4, -0.2) is 35.5 Å². The predicted octanol–water partition coefficient (Wildman–Crippen LogP) is 2.29. The number of hydrogen-bond acceptors (Lipinski definition) is 5. The van der Waals surface area contributed by atoms with Gasteiger partial charge in [0.05, 0.1) is 13.2 Å². The molecule has 1 N–H and O–H groups in total. The van der Waals surface area contributed by atoms with E-state index in [-0.39, 0.29) is 0 Å². The predicted molar refractivity (Wildman–Crippen MR) is 74.1 cm³/mol. The van der Waals surface area contributed by atoms with E-state index in [0.29, 0.717) is 19.1 Å². The van der Waals surface area contributed by atoms with Gasteiger partial charge in [0.25, 0.3) is 0 Å². The first kappa shape index (κ1) is 14.2. The Hall–Kier alpha value is -1.20. The number of nitrogens with one attached hydrogen (secondary N) is 1. The monoisotopic (exact) mass is 265 g/mol. The van der Waals surface area contributed by atoms with Crippen LogP contribution < -0.4 is 5.32 Å². The van der Waals surface area contributed by atoms with Crippen molar-refractivity contribution in [2.24, 2.45) is 5.92 Å². The van der Waals surface area contributed by atoms with Crippen LogP contribution in [0.25, 0.3) is 0 Å². The summed E-state index contributed by atoms with van der Waals surface area (Å²) in [7, 11) is 0. The van der Waals surface area contributed by atoms with Crippen LogP contribution in [0.1, 0.15) is 31.8 Å². The van der Waals surface area contributed by atoms with Gasteiger partial charge in [-0.1, -0.05) is 6.92 Å². The summed E-state index contributed by atoms with van der Waals surface area (Å²) < 4.78 is 11.3. The first-order chi connectivity index (χ1) is 8.97. The van der Waals surface area contributed by atoms with Crippen molar-refractivity contribution in [1.29, 1.82) is 0 Å². The molecule has 1 aromatic heterocycles. The van der Waals surface area contributed by atoms with Crippen molar-refractivity contribution in [2.45, 2.75) is 39.9 Å². The molecule has 0 bridgehead atoms. The van der Waals surface area contributed by atoms with Gasteiger partial charge in [0.2, 0.25) is 0 Å². The average molecular weight is 265 g/mol. The second-order valence-corrected chi connectivity index (χ2v) is 5.46. The maximum atomic E-state index is 5.63. The summed E-state index contributed by atoms with van der Waals surface area (Å²) in [6.07, 6.45) is 0.878. The molecule has 1 atom stereocenters. The molecule has 1 fully saturated rings. The van der Waals surface area contributed by atoms with E-state index in [0.717, 1.165) is 30.3 Å². The molecule has 0 radical (unpaired) electrons. The molecule has 5 heteroatoms. The van der Waals surface area contributed by atoms with Crippen LogP contribution in [-0.2, 0) is 9.47 Å². The summed E-state index contributed by atoms with van der Waals surface area (Å²) in [5.41, 5.74) is 0.983. The fraction of sp³-hybridized carbons (Fsp3) is 0.714. The van der Waals surface area contributed by atoms with Gasteiger partial charge in [0.15, 0.2) is 5.79 Å². The lowest BCUT2D eigenvalue weighted by Gasteiger charge is -2.26. The summed E-state index contributed by atoms with van der Waals surface area (Å²) in [6, 6.07) is 1.96. The molecule has 0 amide bonds. The van der Waals surface area contributed by atoms with E-state index in [1.165, 1.54) is 0 Å². The number of anilines is 1. The molecule has 1 saturated heterocycles. The SMILES string of the molecule is Cc1cc(NC[C@H](C)CC2(C)OCCO2)nc(C)n1. The summed E-state index contributed by atoms with van der Waals surface area (Å²) >= 11 is 0. The van der Waals surface area contributed by atoms with E-state index in [9.17, 15) is 0 Å². The maximum absolute atomic E-state index is 5.63. The van der Waals surface area contributed by atoms with Gasteiger partial charge < -0.3 is 14.8 Å². The van der Waals surface area contributed by atoms with Gasteiger partial charge in [-0.05, 0) is 26.7 Å². The summed E-state index contributed by atoms with van der Waals surface area (Å²) in [6.45, 7) is 10.3. The molecule has 5 nitrogen and oxygen atoms in total. The van der Waals surface area contributed by atoms with Gasteiger partial charge in [-0.25, -0.2) is 9.97 Å². The van der Waals surface area contributed by atoms with Crippen LogP contribution in [0.2, 0.25) is 0 Å². The van der Waals surface area contributed by atoms with Crippen molar-refractivity contribution < 1.29 is 9.47 Å². The number of nitrogens with zero attached hydrogens (tertiary/aromatic N) is 2. The van der Waals surface area contributed by atoms with Crippen LogP contribution in [0.15, 0.2) is 6.07 Å². The zero-order chi connectivity index (χ0) is 13.9. The molecule has 19 heavy (non-hydrogen) atoms. The van der Waals surface area contributed by atoms with Crippen molar-refractivity contribution in [2.75, 3.05) is 25.1 Å². The molecule has 0 aromatic carbocycles. The van der Waals surface area contributed by atoms with E-state index >= 15 is 0 Å². The van der Waals surface area contributed by atoms with E-state index in [2.05, 4.69) is 22.2 Å². The minimum Gasteiger partial charge on any atom is -0.370 e. The van der Waals surface area contributed by atoms with Crippen LogP contribution in [0.3, 0.4) is 0 Å². The molecule has 106 valence electrons. The molecule has 0 unspecified atom stereocenters. The van der Waals surface area contributed by atoms with Crippen molar-refractivity contribution in [1.82, 2.24) is 9.97 Å².